The second-order valence-electron chi connectivity index (χ2n) is 4.56. The van der Waals surface area contributed by atoms with Crippen LogP contribution in [0.2, 0.25) is 0 Å². The fourth-order valence-corrected chi connectivity index (χ4v) is 1.18. The van der Waals surface area contributed by atoms with E-state index in [4.69, 9.17) is 0 Å². The number of rotatable bonds is 3. The van der Waals surface area contributed by atoms with Crippen LogP contribution in [0.1, 0.15) is 47.5 Å². The molecule has 0 N–H and O–H groups in total. The molecular weight excluding hydrogens is 148 g/mol. The van der Waals surface area contributed by atoms with Crippen LogP contribution in [-0.4, -0.2) is 5.78 Å². The molecule has 1 nitrogen and oxygen atoms in total. The second kappa shape index (κ2) is 4.44. The van der Waals surface area contributed by atoms with Gasteiger partial charge in [0.05, 0.1) is 0 Å². The average Bonchev–Trinajstić information content (AvgIpc) is 1.79. The molecule has 0 aromatic heterocycles. The van der Waals surface area contributed by atoms with Gasteiger partial charge in [-0.25, -0.2) is 0 Å². The highest BCUT2D eigenvalue weighted by Gasteiger charge is 2.06. The van der Waals surface area contributed by atoms with Gasteiger partial charge in [0.15, 0.2) is 0 Å². The number of carbonyl (C=O) groups excluding carboxylic acids is 1. The summed E-state index contributed by atoms with van der Waals surface area (Å²) in [6.45, 7) is 10.2. The Hall–Kier alpha value is -0.590. The molecule has 0 aliphatic heterocycles. The van der Waals surface area contributed by atoms with Gasteiger partial charge in [-0.05, 0) is 25.7 Å². The van der Waals surface area contributed by atoms with Gasteiger partial charge in [-0.3, -0.25) is 0 Å². The maximum absolute atomic E-state index is 10.7. The zero-order chi connectivity index (χ0) is 9.78. The minimum Gasteiger partial charge on any atom is -0.300 e. The third-order valence-corrected chi connectivity index (χ3v) is 1.55. The topological polar surface area (TPSA) is 17.1 Å². The molecule has 0 fully saturated rings. The predicted octanol–water partition coefficient (Wildman–Crippen LogP) is 3.35. The van der Waals surface area contributed by atoms with E-state index in [1.165, 1.54) is 5.57 Å². The summed E-state index contributed by atoms with van der Waals surface area (Å²) in [5.74, 6) is 0.275. The van der Waals surface area contributed by atoms with Crippen molar-refractivity contribution < 1.29 is 4.79 Å². The fraction of sp³-hybridized carbons (Fsp3) is 0.727. The molecule has 70 valence electrons. The molecule has 0 saturated heterocycles. The Kier molecular flexibility index (Phi) is 4.22. The van der Waals surface area contributed by atoms with Crippen molar-refractivity contribution in [3.8, 4) is 0 Å². The SMILES string of the molecule is CC(=O)CC/C(C)=C/C(C)(C)C. The number of ketones is 1. The first kappa shape index (κ1) is 11.4. The smallest absolute Gasteiger partial charge is 0.130 e. The second-order valence-corrected chi connectivity index (χ2v) is 4.56. The molecule has 0 aromatic carbocycles. The van der Waals surface area contributed by atoms with E-state index in [1.54, 1.807) is 6.92 Å². The van der Waals surface area contributed by atoms with Crippen LogP contribution in [0.25, 0.3) is 0 Å². The largest absolute Gasteiger partial charge is 0.300 e. The maximum Gasteiger partial charge on any atom is 0.130 e. The lowest BCUT2D eigenvalue weighted by atomic mass is 9.92. The maximum atomic E-state index is 10.7. The first-order valence-electron chi connectivity index (χ1n) is 4.49. The third kappa shape index (κ3) is 7.52. The van der Waals surface area contributed by atoms with Crippen molar-refractivity contribution in [1.82, 2.24) is 0 Å². The van der Waals surface area contributed by atoms with Gasteiger partial charge < -0.3 is 4.79 Å². The molecule has 0 unspecified atom stereocenters. The molecule has 0 saturated carbocycles. The Morgan fingerprint density at radius 1 is 1.17 bits per heavy atom. The first-order chi connectivity index (χ1) is 5.31. The number of hydrogen-bond acceptors (Lipinski definition) is 1. The molecule has 0 aliphatic carbocycles. The lowest BCUT2D eigenvalue weighted by Crippen LogP contribution is -2.01. The summed E-state index contributed by atoms with van der Waals surface area (Å²) in [6, 6.07) is 0. The molecule has 12 heavy (non-hydrogen) atoms. The van der Waals surface area contributed by atoms with Gasteiger partial charge >= 0.3 is 0 Å². The Morgan fingerprint density at radius 3 is 2.00 bits per heavy atom. The van der Waals surface area contributed by atoms with Gasteiger partial charge in [-0.15, -0.1) is 0 Å². The average molecular weight is 168 g/mol. The summed E-state index contributed by atoms with van der Waals surface area (Å²) in [4.78, 5) is 10.7. The van der Waals surface area contributed by atoms with Crippen molar-refractivity contribution in [3.63, 3.8) is 0 Å². The van der Waals surface area contributed by atoms with Gasteiger partial charge in [0, 0.05) is 6.42 Å². The highest BCUT2D eigenvalue weighted by molar-refractivity contribution is 5.75. The molecule has 0 atom stereocenters. The Balaban J connectivity index is 3.95. The van der Waals surface area contributed by atoms with Crippen LogP contribution in [0.4, 0.5) is 0 Å². The lowest BCUT2D eigenvalue weighted by Gasteiger charge is -2.13. The van der Waals surface area contributed by atoms with E-state index in [9.17, 15) is 4.79 Å². The third-order valence-electron chi connectivity index (χ3n) is 1.55. The van der Waals surface area contributed by atoms with Crippen LogP contribution in [0.5, 0.6) is 0 Å². The van der Waals surface area contributed by atoms with Crippen LogP contribution in [-0.2, 0) is 4.79 Å². The summed E-state index contributed by atoms with van der Waals surface area (Å²) in [6.07, 6.45) is 3.82. The Bertz CT molecular complexity index is 182. The minimum absolute atomic E-state index is 0.237. The van der Waals surface area contributed by atoms with E-state index in [0.29, 0.717) is 6.42 Å². The summed E-state index contributed by atoms with van der Waals surface area (Å²) >= 11 is 0. The van der Waals surface area contributed by atoms with Crippen molar-refractivity contribution in [2.75, 3.05) is 0 Å². The standard InChI is InChI=1S/C11H20O/c1-9(6-7-10(2)12)8-11(3,4)5/h8H,6-7H2,1-5H3/b9-8+. The van der Waals surface area contributed by atoms with Crippen LogP contribution >= 0.6 is 0 Å². The van der Waals surface area contributed by atoms with Gasteiger partial charge in [-0.2, -0.15) is 0 Å². The van der Waals surface area contributed by atoms with Gasteiger partial charge in [0.25, 0.3) is 0 Å². The van der Waals surface area contributed by atoms with Crippen LogP contribution in [0.15, 0.2) is 11.6 Å². The summed E-state index contributed by atoms with van der Waals surface area (Å²) in [5, 5.41) is 0. The Morgan fingerprint density at radius 2 is 1.67 bits per heavy atom. The highest BCUT2D eigenvalue weighted by atomic mass is 16.1. The molecule has 0 heterocycles. The van der Waals surface area contributed by atoms with Crippen molar-refractivity contribution in [3.05, 3.63) is 11.6 Å². The fourth-order valence-electron chi connectivity index (χ4n) is 1.18. The summed E-state index contributed by atoms with van der Waals surface area (Å²) in [5.41, 5.74) is 1.55. The lowest BCUT2D eigenvalue weighted by molar-refractivity contribution is -0.116. The molecule has 1 heteroatoms. The molecule has 0 rings (SSSR count). The molecule has 0 aliphatic rings. The molecule has 0 aromatic rings. The number of allylic oxidation sites excluding steroid dienone is 2. The molecule has 0 bridgehead atoms. The number of Topliss-reactive ketones (excluding diaryl/α,β-unsaturated/α-hetero) is 1. The van der Waals surface area contributed by atoms with E-state index in [0.717, 1.165) is 6.42 Å². The molecule has 0 amide bonds. The van der Waals surface area contributed by atoms with Gasteiger partial charge in [0.1, 0.15) is 5.78 Å². The summed E-state index contributed by atoms with van der Waals surface area (Å²) in [7, 11) is 0. The van der Waals surface area contributed by atoms with Crippen molar-refractivity contribution in [2.45, 2.75) is 47.5 Å². The number of hydrogen-bond donors (Lipinski definition) is 0. The van der Waals surface area contributed by atoms with Gasteiger partial charge in [-0.1, -0.05) is 32.4 Å². The van der Waals surface area contributed by atoms with Crippen LogP contribution < -0.4 is 0 Å². The zero-order valence-corrected chi connectivity index (χ0v) is 8.90. The van der Waals surface area contributed by atoms with Crippen LogP contribution in [0, 0.1) is 5.41 Å². The predicted molar refractivity (Wildman–Crippen MR) is 53.1 cm³/mol. The molecule has 0 radical (unpaired) electrons. The van der Waals surface area contributed by atoms with Gasteiger partial charge in [0.2, 0.25) is 0 Å². The van der Waals surface area contributed by atoms with Crippen molar-refractivity contribution >= 4 is 5.78 Å². The van der Waals surface area contributed by atoms with E-state index in [-0.39, 0.29) is 11.2 Å². The molecular formula is C11H20O. The Labute approximate surface area is 75.9 Å². The summed E-state index contributed by atoms with van der Waals surface area (Å²) < 4.78 is 0. The minimum atomic E-state index is 0.237. The van der Waals surface area contributed by atoms with E-state index < -0.39 is 0 Å². The monoisotopic (exact) mass is 168 g/mol. The van der Waals surface area contributed by atoms with Crippen LogP contribution in [0.3, 0.4) is 0 Å². The van der Waals surface area contributed by atoms with Crippen molar-refractivity contribution in [2.24, 2.45) is 5.41 Å². The zero-order valence-electron chi connectivity index (χ0n) is 8.90. The first-order valence-corrected chi connectivity index (χ1v) is 4.49. The normalized spacial score (nSPS) is 13.2. The number of carbonyl (C=O) groups is 1. The molecule has 0 spiro atoms. The van der Waals surface area contributed by atoms with Crippen molar-refractivity contribution in [1.29, 1.82) is 0 Å². The highest BCUT2D eigenvalue weighted by Crippen LogP contribution is 2.19. The van der Waals surface area contributed by atoms with E-state index >= 15 is 0 Å². The quantitative estimate of drug-likeness (QED) is 0.591. The van der Waals surface area contributed by atoms with E-state index in [1.807, 2.05) is 0 Å². The van der Waals surface area contributed by atoms with E-state index in [2.05, 4.69) is 33.8 Å².